The molecule has 0 saturated heterocycles. The zero-order chi connectivity index (χ0) is 17.3. The van der Waals surface area contributed by atoms with Gasteiger partial charge in [0.2, 0.25) is 0 Å². The number of hydrogen-bond acceptors (Lipinski definition) is 4. The molecule has 4 nitrogen and oxygen atoms in total. The van der Waals surface area contributed by atoms with Crippen LogP contribution in [0.1, 0.15) is 6.92 Å². The Balaban J connectivity index is 0. The molecule has 0 aliphatic heterocycles. The summed E-state index contributed by atoms with van der Waals surface area (Å²) in [6.07, 6.45) is 0.794. The van der Waals surface area contributed by atoms with Gasteiger partial charge in [0, 0.05) is 13.7 Å². The van der Waals surface area contributed by atoms with Gasteiger partial charge in [0.25, 0.3) is 0 Å². The Morgan fingerprint density at radius 3 is 1.57 bits per heavy atom. The third-order valence-electron chi connectivity index (χ3n) is 2.21. The maximum Gasteiger partial charge on any atom is 0.311 e. The summed E-state index contributed by atoms with van der Waals surface area (Å²) >= 11 is 0. The summed E-state index contributed by atoms with van der Waals surface area (Å²) in [7, 11) is -3.94. The molecule has 0 saturated carbocycles. The van der Waals surface area contributed by atoms with Crippen molar-refractivity contribution < 1.29 is 17.4 Å². The van der Waals surface area contributed by atoms with E-state index in [1.54, 1.807) is 7.11 Å². The molecule has 0 amide bonds. The minimum absolute atomic E-state index is 0.775. The standard InChI is InChI=1S/C9H26O3Si3.C4H12OSi/c1-8-10-9-13(2)11-15(6,7)12-14(3,4)5;1-5-6(2,3)4/h13H,8-9H2,1-7H3;1-4H3. The van der Waals surface area contributed by atoms with Gasteiger partial charge in [0.1, 0.15) is 0 Å². The first kappa shape index (κ1) is 24.0. The third-order valence-corrected chi connectivity index (χ3v) is 12.4. The van der Waals surface area contributed by atoms with Crippen LogP contribution in [0.25, 0.3) is 0 Å². The molecule has 21 heavy (non-hydrogen) atoms. The van der Waals surface area contributed by atoms with E-state index in [2.05, 4.69) is 58.9 Å². The molecule has 0 radical (unpaired) electrons. The van der Waals surface area contributed by atoms with Gasteiger partial charge in [0.15, 0.2) is 25.7 Å². The van der Waals surface area contributed by atoms with E-state index in [0.717, 1.165) is 12.8 Å². The first-order chi connectivity index (χ1) is 9.22. The molecule has 0 spiro atoms. The summed E-state index contributed by atoms with van der Waals surface area (Å²) in [6.45, 7) is 22.4. The largest absolute Gasteiger partial charge is 0.437 e. The van der Waals surface area contributed by atoms with Gasteiger partial charge in [-0.3, -0.25) is 0 Å². The number of rotatable bonds is 8. The van der Waals surface area contributed by atoms with Crippen LogP contribution in [-0.4, -0.2) is 54.2 Å². The smallest absolute Gasteiger partial charge is 0.311 e. The zero-order valence-corrected chi connectivity index (χ0v) is 20.3. The maximum absolute atomic E-state index is 6.11. The Morgan fingerprint density at radius 1 is 0.857 bits per heavy atom. The van der Waals surface area contributed by atoms with Crippen LogP contribution in [0.2, 0.25) is 58.9 Å². The van der Waals surface area contributed by atoms with Crippen molar-refractivity contribution in [3.05, 3.63) is 0 Å². The van der Waals surface area contributed by atoms with Gasteiger partial charge in [-0.2, -0.15) is 0 Å². The Morgan fingerprint density at radius 2 is 1.29 bits per heavy atom. The summed E-state index contributed by atoms with van der Waals surface area (Å²) in [5.74, 6) is 0. The lowest BCUT2D eigenvalue weighted by Gasteiger charge is -2.33. The third kappa shape index (κ3) is 20.7. The molecule has 0 N–H and O–H groups in total. The second-order valence-electron chi connectivity index (χ2n) is 7.52. The highest BCUT2D eigenvalue weighted by molar-refractivity contribution is 6.84. The van der Waals surface area contributed by atoms with Crippen molar-refractivity contribution in [3.8, 4) is 0 Å². The Kier molecular flexibility index (Phi) is 12.0. The highest BCUT2D eigenvalue weighted by Crippen LogP contribution is 2.16. The van der Waals surface area contributed by atoms with E-state index < -0.39 is 34.2 Å². The first-order valence-electron chi connectivity index (χ1n) is 7.73. The fourth-order valence-electron chi connectivity index (χ4n) is 1.56. The van der Waals surface area contributed by atoms with Gasteiger partial charge >= 0.3 is 8.56 Å². The molecular weight excluding hydrogens is 332 g/mol. The molecule has 130 valence electrons. The summed E-state index contributed by atoms with van der Waals surface area (Å²) < 4.78 is 22.7. The molecule has 0 bridgehead atoms. The van der Waals surface area contributed by atoms with E-state index >= 15 is 0 Å². The van der Waals surface area contributed by atoms with Crippen LogP contribution in [0, 0.1) is 0 Å². The summed E-state index contributed by atoms with van der Waals surface area (Å²) in [6, 6.07) is 0. The monoisotopic (exact) mass is 370 g/mol. The summed E-state index contributed by atoms with van der Waals surface area (Å²) in [4.78, 5) is 0. The summed E-state index contributed by atoms with van der Waals surface area (Å²) in [5.41, 5.74) is 0. The van der Waals surface area contributed by atoms with E-state index in [4.69, 9.17) is 17.4 Å². The van der Waals surface area contributed by atoms with Crippen molar-refractivity contribution in [2.45, 2.75) is 65.8 Å². The van der Waals surface area contributed by atoms with E-state index in [1.807, 2.05) is 6.92 Å². The van der Waals surface area contributed by atoms with E-state index in [1.165, 1.54) is 0 Å². The van der Waals surface area contributed by atoms with Gasteiger partial charge in [-0.25, -0.2) is 0 Å². The average molecular weight is 371 g/mol. The van der Waals surface area contributed by atoms with E-state index in [0.29, 0.717) is 0 Å². The molecule has 0 aromatic heterocycles. The topological polar surface area (TPSA) is 36.9 Å². The van der Waals surface area contributed by atoms with Crippen LogP contribution >= 0.6 is 0 Å². The van der Waals surface area contributed by atoms with Crippen LogP contribution in [0.5, 0.6) is 0 Å². The average Bonchev–Trinajstić information content (AvgIpc) is 2.22. The Hall–Kier alpha value is 0.708. The molecule has 1 unspecified atom stereocenters. The Bertz CT molecular complexity index is 262. The molecule has 0 rings (SSSR count). The van der Waals surface area contributed by atoms with Crippen molar-refractivity contribution in [1.29, 1.82) is 0 Å². The second kappa shape index (κ2) is 10.5. The molecular formula is C13H38O4Si4. The van der Waals surface area contributed by atoms with Crippen LogP contribution < -0.4 is 0 Å². The lowest BCUT2D eigenvalue weighted by atomic mass is 10.9. The zero-order valence-electron chi connectivity index (χ0n) is 16.1. The predicted molar refractivity (Wildman–Crippen MR) is 103 cm³/mol. The lowest BCUT2D eigenvalue weighted by molar-refractivity contribution is 0.181. The SMILES string of the molecule is CCOC[SiH](C)O[Si](C)(C)O[Si](C)(C)C.CO[Si](C)(C)C. The van der Waals surface area contributed by atoms with E-state index in [-0.39, 0.29) is 0 Å². The minimum Gasteiger partial charge on any atom is -0.437 e. The molecule has 0 aliphatic rings. The van der Waals surface area contributed by atoms with Crippen molar-refractivity contribution in [1.82, 2.24) is 0 Å². The van der Waals surface area contributed by atoms with Crippen molar-refractivity contribution in [2.24, 2.45) is 0 Å². The van der Waals surface area contributed by atoms with E-state index in [9.17, 15) is 0 Å². The number of hydrogen-bond donors (Lipinski definition) is 0. The normalized spacial score (nSPS) is 14.4. The fraction of sp³-hybridized carbons (Fsp3) is 1.00. The van der Waals surface area contributed by atoms with Gasteiger partial charge in [-0.05, 0) is 65.8 Å². The van der Waals surface area contributed by atoms with Crippen LogP contribution in [-0.2, 0) is 17.4 Å². The fourth-order valence-corrected chi connectivity index (χ4v) is 12.8. The van der Waals surface area contributed by atoms with Gasteiger partial charge in [0.05, 0.1) is 6.23 Å². The molecule has 1 atom stereocenters. The molecule has 0 aromatic carbocycles. The predicted octanol–water partition coefficient (Wildman–Crippen LogP) is 3.95. The molecule has 0 aliphatic carbocycles. The summed E-state index contributed by atoms with van der Waals surface area (Å²) in [5, 5.41) is 0. The lowest BCUT2D eigenvalue weighted by Crippen LogP contribution is -2.48. The maximum atomic E-state index is 6.11. The molecule has 0 fully saturated rings. The second-order valence-corrected chi connectivity index (χ2v) is 22.9. The highest BCUT2D eigenvalue weighted by Gasteiger charge is 2.32. The van der Waals surface area contributed by atoms with Gasteiger partial charge in [-0.15, -0.1) is 0 Å². The molecule has 0 aromatic rings. The van der Waals surface area contributed by atoms with Gasteiger partial charge < -0.3 is 17.4 Å². The van der Waals surface area contributed by atoms with Crippen molar-refractivity contribution >= 4 is 34.2 Å². The minimum atomic E-state index is -1.91. The highest BCUT2D eigenvalue weighted by atomic mass is 28.5. The Labute approximate surface area is 137 Å². The quantitative estimate of drug-likeness (QED) is 0.606. The molecule has 0 heterocycles. The molecule has 8 heteroatoms. The van der Waals surface area contributed by atoms with Crippen molar-refractivity contribution in [3.63, 3.8) is 0 Å². The van der Waals surface area contributed by atoms with Crippen LogP contribution in [0.3, 0.4) is 0 Å². The number of ether oxygens (including phenoxy) is 1. The van der Waals surface area contributed by atoms with Crippen molar-refractivity contribution in [2.75, 3.05) is 19.9 Å². The first-order valence-corrected chi connectivity index (χ1v) is 19.8. The van der Waals surface area contributed by atoms with Crippen LogP contribution in [0.4, 0.5) is 0 Å². The van der Waals surface area contributed by atoms with Crippen LogP contribution in [0.15, 0.2) is 0 Å². The van der Waals surface area contributed by atoms with Gasteiger partial charge in [-0.1, -0.05) is 0 Å².